The van der Waals surface area contributed by atoms with Gasteiger partial charge in [0.25, 0.3) is 0 Å². The highest BCUT2D eigenvalue weighted by atomic mass is 16.5. The molecule has 0 unspecified atom stereocenters. The molecule has 0 N–H and O–H groups in total. The lowest BCUT2D eigenvalue weighted by molar-refractivity contribution is -0.129. The van der Waals surface area contributed by atoms with E-state index in [1.165, 1.54) is 0 Å². The molecular weight excluding hydrogens is 352 g/mol. The molecule has 0 aliphatic carbocycles. The topological polar surface area (TPSA) is 60.2 Å². The molecule has 0 atom stereocenters. The Morgan fingerprint density at radius 1 is 1.04 bits per heavy atom. The van der Waals surface area contributed by atoms with Crippen LogP contribution >= 0.6 is 0 Å². The minimum Gasteiger partial charge on any atom is -0.494 e. The minimum atomic E-state index is 0.134. The number of para-hydroxylation sites is 2. The fourth-order valence-electron chi connectivity index (χ4n) is 3.73. The van der Waals surface area contributed by atoms with Gasteiger partial charge in [-0.15, -0.1) is 5.10 Å². The van der Waals surface area contributed by atoms with Gasteiger partial charge in [0.2, 0.25) is 5.91 Å². The van der Waals surface area contributed by atoms with Crippen LogP contribution in [-0.4, -0.2) is 45.8 Å². The van der Waals surface area contributed by atoms with E-state index in [-0.39, 0.29) is 11.8 Å². The van der Waals surface area contributed by atoms with Crippen LogP contribution in [0.2, 0.25) is 0 Å². The molecule has 1 amide bonds. The molecule has 0 spiro atoms. The fraction of sp³-hybridized carbons (Fsp3) is 0.318. The summed E-state index contributed by atoms with van der Waals surface area (Å²) < 4.78 is 7.48. The molecule has 3 aromatic rings. The van der Waals surface area contributed by atoms with Crippen LogP contribution in [-0.2, 0) is 4.79 Å². The van der Waals surface area contributed by atoms with E-state index in [2.05, 4.69) is 0 Å². The lowest BCUT2D eigenvalue weighted by Gasteiger charge is -2.30. The molecule has 144 valence electrons. The molecule has 2 aromatic carbocycles. The Hall–Kier alpha value is -3.15. The molecule has 4 rings (SSSR count). The van der Waals surface area contributed by atoms with E-state index in [1.54, 1.807) is 14.0 Å². The first-order valence-corrected chi connectivity index (χ1v) is 9.58. The predicted octanol–water partition coefficient (Wildman–Crippen LogP) is 3.67. The predicted molar refractivity (Wildman–Crippen MR) is 108 cm³/mol. The Morgan fingerprint density at radius 2 is 1.71 bits per heavy atom. The maximum Gasteiger partial charge on any atom is 0.219 e. The minimum absolute atomic E-state index is 0.134. The first kappa shape index (κ1) is 18.2. The molecular formula is C22H24N4O2. The number of ether oxygens (including phenoxy) is 1. The number of amides is 1. The SMILES string of the molecule is COc1ccccc1-n1nc(-c2ccccc2)nc1C1CCN(C(C)=O)CC1. The average Bonchev–Trinajstić information content (AvgIpc) is 3.19. The van der Waals surface area contributed by atoms with Gasteiger partial charge >= 0.3 is 0 Å². The lowest BCUT2D eigenvalue weighted by atomic mass is 9.95. The van der Waals surface area contributed by atoms with Gasteiger partial charge in [-0.25, -0.2) is 9.67 Å². The largest absolute Gasteiger partial charge is 0.494 e. The van der Waals surface area contributed by atoms with E-state index in [1.807, 2.05) is 64.2 Å². The Balaban J connectivity index is 1.76. The van der Waals surface area contributed by atoms with Crippen molar-refractivity contribution in [3.63, 3.8) is 0 Å². The van der Waals surface area contributed by atoms with Gasteiger partial charge in [0, 0.05) is 31.5 Å². The number of benzene rings is 2. The molecule has 1 aliphatic rings. The van der Waals surface area contributed by atoms with E-state index >= 15 is 0 Å². The van der Waals surface area contributed by atoms with Gasteiger partial charge in [0.1, 0.15) is 17.3 Å². The van der Waals surface area contributed by atoms with Crippen molar-refractivity contribution in [1.82, 2.24) is 19.7 Å². The molecule has 0 saturated carbocycles. The Morgan fingerprint density at radius 3 is 2.39 bits per heavy atom. The van der Waals surface area contributed by atoms with E-state index in [0.29, 0.717) is 5.82 Å². The van der Waals surface area contributed by atoms with Gasteiger partial charge in [-0.05, 0) is 25.0 Å². The third kappa shape index (κ3) is 3.50. The van der Waals surface area contributed by atoms with E-state index in [9.17, 15) is 4.79 Å². The van der Waals surface area contributed by atoms with E-state index < -0.39 is 0 Å². The van der Waals surface area contributed by atoms with Crippen molar-refractivity contribution in [3.8, 4) is 22.8 Å². The first-order chi connectivity index (χ1) is 13.7. The Labute approximate surface area is 164 Å². The lowest BCUT2D eigenvalue weighted by Crippen LogP contribution is -2.36. The molecule has 6 nitrogen and oxygen atoms in total. The summed E-state index contributed by atoms with van der Waals surface area (Å²) in [6.45, 7) is 3.13. The van der Waals surface area contributed by atoms with Crippen LogP contribution in [0.25, 0.3) is 17.1 Å². The molecule has 2 heterocycles. The summed E-state index contributed by atoms with van der Waals surface area (Å²) >= 11 is 0. The average molecular weight is 376 g/mol. The van der Waals surface area contributed by atoms with Crippen molar-refractivity contribution in [2.45, 2.75) is 25.7 Å². The van der Waals surface area contributed by atoms with Gasteiger partial charge in [0.05, 0.1) is 7.11 Å². The monoisotopic (exact) mass is 376 g/mol. The number of piperidine rings is 1. The number of rotatable bonds is 4. The highest BCUT2D eigenvalue weighted by Crippen LogP contribution is 2.32. The number of aromatic nitrogens is 3. The summed E-state index contributed by atoms with van der Waals surface area (Å²) in [5, 5.41) is 4.83. The smallest absolute Gasteiger partial charge is 0.219 e. The van der Waals surface area contributed by atoms with Crippen LogP contribution in [0, 0.1) is 0 Å². The molecule has 1 aliphatic heterocycles. The van der Waals surface area contributed by atoms with Crippen LogP contribution in [0.3, 0.4) is 0 Å². The summed E-state index contributed by atoms with van der Waals surface area (Å²) in [4.78, 5) is 18.5. The van der Waals surface area contributed by atoms with Crippen LogP contribution in [0.1, 0.15) is 31.5 Å². The standard InChI is InChI=1S/C22H24N4O2/c1-16(27)25-14-12-18(13-15-25)22-23-21(17-8-4-3-5-9-17)24-26(22)19-10-6-7-11-20(19)28-2/h3-11,18H,12-15H2,1-2H3. The fourth-order valence-corrected chi connectivity index (χ4v) is 3.73. The number of carbonyl (C=O) groups is 1. The zero-order chi connectivity index (χ0) is 19.5. The first-order valence-electron chi connectivity index (χ1n) is 9.58. The van der Waals surface area contributed by atoms with Crippen molar-refractivity contribution in [2.24, 2.45) is 0 Å². The summed E-state index contributed by atoms with van der Waals surface area (Å²) in [6, 6.07) is 17.9. The highest BCUT2D eigenvalue weighted by Gasteiger charge is 2.28. The maximum absolute atomic E-state index is 11.7. The van der Waals surface area contributed by atoms with Crippen LogP contribution in [0.5, 0.6) is 5.75 Å². The van der Waals surface area contributed by atoms with Gasteiger partial charge in [-0.1, -0.05) is 42.5 Å². The third-order valence-corrected chi connectivity index (χ3v) is 5.28. The van der Waals surface area contributed by atoms with Crippen molar-refractivity contribution >= 4 is 5.91 Å². The van der Waals surface area contributed by atoms with Crippen molar-refractivity contribution < 1.29 is 9.53 Å². The van der Waals surface area contributed by atoms with Crippen LogP contribution < -0.4 is 4.74 Å². The summed E-state index contributed by atoms with van der Waals surface area (Å²) in [6.07, 6.45) is 1.75. The van der Waals surface area contributed by atoms with Crippen molar-refractivity contribution in [2.75, 3.05) is 20.2 Å². The van der Waals surface area contributed by atoms with Crippen molar-refractivity contribution in [3.05, 3.63) is 60.4 Å². The van der Waals surface area contributed by atoms with Gasteiger partial charge < -0.3 is 9.64 Å². The third-order valence-electron chi connectivity index (χ3n) is 5.28. The van der Waals surface area contributed by atoms with E-state index in [4.69, 9.17) is 14.8 Å². The number of carbonyl (C=O) groups excluding carboxylic acids is 1. The number of methoxy groups -OCH3 is 1. The zero-order valence-corrected chi connectivity index (χ0v) is 16.2. The number of hydrogen-bond donors (Lipinski definition) is 0. The molecule has 1 aromatic heterocycles. The molecule has 1 saturated heterocycles. The van der Waals surface area contributed by atoms with Gasteiger partial charge in [-0.3, -0.25) is 4.79 Å². The second kappa shape index (κ2) is 7.84. The van der Waals surface area contributed by atoms with Crippen LogP contribution in [0.4, 0.5) is 0 Å². The maximum atomic E-state index is 11.7. The van der Waals surface area contributed by atoms with Gasteiger partial charge in [0.15, 0.2) is 5.82 Å². The van der Waals surface area contributed by atoms with Crippen LogP contribution in [0.15, 0.2) is 54.6 Å². The Bertz CT molecular complexity index is 960. The van der Waals surface area contributed by atoms with Crippen molar-refractivity contribution in [1.29, 1.82) is 0 Å². The molecule has 6 heteroatoms. The summed E-state index contributed by atoms with van der Waals surface area (Å²) in [7, 11) is 1.67. The molecule has 0 bridgehead atoms. The quantitative estimate of drug-likeness (QED) is 0.697. The summed E-state index contributed by atoms with van der Waals surface area (Å²) in [5.74, 6) is 2.76. The normalized spacial score (nSPS) is 14.9. The summed E-state index contributed by atoms with van der Waals surface area (Å²) in [5.41, 5.74) is 1.86. The van der Waals surface area contributed by atoms with E-state index in [0.717, 1.165) is 48.8 Å². The van der Waals surface area contributed by atoms with Gasteiger partial charge in [-0.2, -0.15) is 0 Å². The molecule has 28 heavy (non-hydrogen) atoms. The molecule has 0 radical (unpaired) electrons. The number of likely N-dealkylation sites (tertiary alicyclic amines) is 1. The number of hydrogen-bond acceptors (Lipinski definition) is 4. The second-order valence-corrected chi connectivity index (χ2v) is 7.02. The number of nitrogens with zero attached hydrogens (tertiary/aromatic N) is 4. The molecule has 1 fully saturated rings. The second-order valence-electron chi connectivity index (χ2n) is 7.02. The Kier molecular flexibility index (Phi) is 5.10. The highest BCUT2D eigenvalue weighted by molar-refractivity contribution is 5.73. The zero-order valence-electron chi connectivity index (χ0n) is 16.2.